The summed E-state index contributed by atoms with van der Waals surface area (Å²) in [5.74, 6) is -0.580. The van der Waals surface area contributed by atoms with Gasteiger partial charge in [0.1, 0.15) is 0 Å². The van der Waals surface area contributed by atoms with E-state index >= 15 is 0 Å². The third kappa shape index (κ3) is 2.53. The van der Waals surface area contributed by atoms with Gasteiger partial charge in [-0.1, -0.05) is 38.1 Å². The molecule has 0 amide bonds. The fourth-order valence-corrected chi connectivity index (χ4v) is 1.63. The molecule has 0 atom stereocenters. The molecule has 0 aliphatic carbocycles. The molecule has 1 aromatic heterocycles. The second-order valence-electron chi connectivity index (χ2n) is 4.37. The number of carbonyl (C=O) groups is 1. The summed E-state index contributed by atoms with van der Waals surface area (Å²) in [6.45, 7) is 4.27. The smallest absolute Gasteiger partial charge is 0.356 e. The lowest BCUT2D eigenvalue weighted by molar-refractivity contribution is 0.0690. The number of carboxylic acid groups (broad SMARTS) is 1. The highest BCUT2D eigenvalue weighted by atomic mass is 16.4. The predicted molar refractivity (Wildman–Crippen MR) is 68.5 cm³/mol. The van der Waals surface area contributed by atoms with Crippen LogP contribution >= 0.6 is 0 Å². The number of rotatable bonds is 3. The van der Waals surface area contributed by atoms with Gasteiger partial charge in [0.05, 0.1) is 18.1 Å². The molecule has 0 spiro atoms. The Labute approximate surface area is 105 Å². The van der Waals surface area contributed by atoms with E-state index < -0.39 is 5.97 Å². The van der Waals surface area contributed by atoms with Gasteiger partial charge < -0.3 is 5.11 Å². The highest BCUT2D eigenvalue weighted by Gasteiger charge is 2.06. The number of aromatic carboxylic acids is 1. The summed E-state index contributed by atoms with van der Waals surface area (Å²) in [7, 11) is 0. The maximum Gasteiger partial charge on any atom is 0.356 e. The van der Waals surface area contributed by atoms with Crippen LogP contribution in [-0.2, 0) is 0 Å². The minimum atomic E-state index is -1.07. The molecule has 1 aromatic carbocycles. The fraction of sp³-hybridized carbons (Fsp3) is 0.214. The molecule has 0 unspecified atom stereocenters. The lowest BCUT2D eigenvalue weighted by Crippen LogP contribution is -2.01. The maximum atomic E-state index is 10.7. The van der Waals surface area contributed by atoms with E-state index in [9.17, 15) is 4.79 Å². The Morgan fingerprint density at radius 3 is 2.22 bits per heavy atom. The Morgan fingerprint density at radius 1 is 1.11 bits per heavy atom. The molecule has 0 saturated heterocycles. The van der Waals surface area contributed by atoms with E-state index in [2.05, 4.69) is 23.8 Å². The van der Waals surface area contributed by atoms with Gasteiger partial charge in [0, 0.05) is 5.56 Å². The lowest BCUT2D eigenvalue weighted by Gasteiger charge is -2.06. The topological polar surface area (TPSA) is 63.1 Å². The molecule has 18 heavy (non-hydrogen) atoms. The van der Waals surface area contributed by atoms with Gasteiger partial charge in [-0.25, -0.2) is 9.78 Å². The monoisotopic (exact) mass is 242 g/mol. The summed E-state index contributed by atoms with van der Waals surface area (Å²) in [5, 5.41) is 8.74. The molecule has 0 fully saturated rings. The number of carboxylic acids is 1. The SMILES string of the molecule is CC(C)c1ccc(-c2cnc(C(=O)O)cn2)cc1. The van der Waals surface area contributed by atoms with E-state index in [4.69, 9.17) is 5.11 Å². The van der Waals surface area contributed by atoms with Gasteiger partial charge in [0.15, 0.2) is 5.69 Å². The van der Waals surface area contributed by atoms with Crippen LogP contribution in [0.3, 0.4) is 0 Å². The average Bonchev–Trinajstić information content (AvgIpc) is 2.39. The molecule has 4 nitrogen and oxygen atoms in total. The third-order valence-corrected chi connectivity index (χ3v) is 2.74. The first-order valence-corrected chi connectivity index (χ1v) is 5.73. The van der Waals surface area contributed by atoms with E-state index in [0.717, 1.165) is 5.56 Å². The first-order chi connectivity index (χ1) is 8.58. The summed E-state index contributed by atoms with van der Waals surface area (Å²) in [6, 6.07) is 8.04. The van der Waals surface area contributed by atoms with Crippen molar-refractivity contribution >= 4 is 5.97 Å². The van der Waals surface area contributed by atoms with Gasteiger partial charge in [-0.05, 0) is 11.5 Å². The van der Waals surface area contributed by atoms with Gasteiger partial charge in [0.2, 0.25) is 0 Å². The normalized spacial score (nSPS) is 10.6. The van der Waals surface area contributed by atoms with Crippen molar-refractivity contribution in [1.29, 1.82) is 0 Å². The Hall–Kier alpha value is -2.23. The Kier molecular flexibility index (Phi) is 3.37. The molecule has 1 heterocycles. The van der Waals surface area contributed by atoms with Crippen LogP contribution in [0.4, 0.5) is 0 Å². The van der Waals surface area contributed by atoms with Crippen molar-refractivity contribution in [3.05, 3.63) is 47.9 Å². The summed E-state index contributed by atoms with van der Waals surface area (Å²) >= 11 is 0. The van der Waals surface area contributed by atoms with Crippen molar-refractivity contribution in [3.63, 3.8) is 0 Å². The van der Waals surface area contributed by atoms with Crippen LogP contribution in [0.15, 0.2) is 36.7 Å². The summed E-state index contributed by atoms with van der Waals surface area (Å²) in [5.41, 5.74) is 2.82. The Morgan fingerprint density at radius 2 is 1.78 bits per heavy atom. The van der Waals surface area contributed by atoms with Gasteiger partial charge in [-0.2, -0.15) is 0 Å². The molecular weight excluding hydrogens is 228 g/mol. The Bertz CT molecular complexity index is 545. The van der Waals surface area contributed by atoms with Gasteiger partial charge in [-0.15, -0.1) is 0 Å². The first kappa shape index (κ1) is 12.2. The van der Waals surface area contributed by atoms with E-state index in [0.29, 0.717) is 11.6 Å². The zero-order valence-corrected chi connectivity index (χ0v) is 10.3. The second kappa shape index (κ2) is 4.96. The summed E-state index contributed by atoms with van der Waals surface area (Å²) in [4.78, 5) is 18.6. The molecule has 2 rings (SSSR count). The highest BCUT2D eigenvalue weighted by molar-refractivity contribution is 5.85. The lowest BCUT2D eigenvalue weighted by atomic mass is 10.0. The van der Waals surface area contributed by atoms with E-state index in [1.165, 1.54) is 18.0 Å². The maximum absolute atomic E-state index is 10.7. The number of nitrogens with zero attached hydrogens (tertiary/aromatic N) is 2. The molecule has 0 aliphatic heterocycles. The minimum Gasteiger partial charge on any atom is -0.476 e. The number of hydrogen-bond donors (Lipinski definition) is 1. The molecule has 1 N–H and O–H groups in total. The van der Waals surface area contributed by atoms with Crippen molar-refractivity contribution in [2.45, 2.75) is 19.8 Å². The summed E-state index contributed by atoms with van der Waals surface area (Å²) in [6.07, 6.45) is 2.75. The Balaban J connectivity index is 2.28. The number of hydrogen-bond acceptors (Lipinski definition) is 3. The number of benzene rings is 1. The average molecular weight is 242 g/mol. The molecule has 0 bridgehead atoms. The van der Waals surface area contributed by atoms with Crippen molar-refractivity contribution in [1.82, 2.24) is 9.97 Å². The van der Waals surface area contributed by atoms with Crippen molar-refractivity contribution < 1.29 is 9.90 Å². The van der Waals surface area contributed by atoms with Gasteiger partial charge >= 0.3 is 5.97 Å². The molecule has 0 aliphatic rings. The highest BCUT2D eigenvalue weighted by Crippen LogP contribution is 2.20. The minimum absolute atomic E-state index is 0.0439. The van der Waals surface area contributed by atoms with Gasteiger partial charge in [0.25, 0.3) is 0 Å². The van der Waals surface area contributed by atoms with Crippen molar-refractivity contribution in [3.8, 4) is 11.3 Å². The quantitative estimate of drug-likeness (QED) is 0.898. The fourth-order valence-electron chi connectivity index (χ4n) is 1.63. The molecular formula is C14H14N2O2. The van der Waals surface area contributed by atoms with Crippen LogP contribution in [0, 0.1) is 0 Å². The molecule has 0 radical (unpaired) electrons. The van der Waals surface area contributed by atoms with Crippen LogP contribution < -0.4 is 0 Å². The standard InChI is InChI=1S/C14H14N2O2/c1-9(2)10-3-5-11(6-4-10)12-7-16-13(8-15-12)14(17)18/h3-9H,1-2H3,(H,17,18). The van der Waals surface area contributed by atoms with Crippen LogP contribution in [0.1, 0.15) is 35.8 Å². The molecule has 4 heteroatoms. The van der Waals surface area contributed by atoms with Crippen LogP contribution in [-0.4, -0.2) is 21.0 Å². The second-order valence-corrected chi connectivity index (χ2v) is 4.37. The van der Waals surface area contributed by atoms with E-state index in [-0.39, 0.29) is 5.69 Å². The summed E-state index contributed by atoms with van der Waals surface area (Å²) < 4.78 is 0. The largest absolute Gasteiger partial charge is 0.476 e. The van der Waals surface area contributed by atoms with Gasteiger partial charge in [-0.3, -0.25) is 4.98 Å². The molecule has 92 valence electrons. The number of aromatic nitrogens is 2. The molecule has 0 saturated carbocycles. The van der Waals surface area contributed by atoms with Crippen molar-refractivity contribution in [2.24, 2.45) is 0 Å². The van der Waals surface area contributed by atoms with Crippen LogP contribution in [0.5, 0.6) is 0 Å². The van der Waals surface area contributed by atoms with E-state index in [1.807, 2.05) is 24.3 Å². The third-order valence-electron chi connectivity index (χ3n) is 2.74. The predicted octanol–water partition coefficient (Wildman–Crippen LogP) is 2.97. The van der Waals surface area contributed by atoms with Crippen LogP contribution in [0.2, 0.25) is 0 Å². The first-order valence-electron chi connectivity index (χ1n) is 5.73. The van der Waals surface area contributed by atoms with Crippen LogP contribution in [0.25, 0.3) is 11.3 Å². The molecule has 2 aromatic rings. The zero-order valence-electron chi connectivity index (χ0n) is 10.3. The zero-order chi connectivity index (χ0) is 13.1. The van der Waals surface area contributed by atoms with Crippen molar-refractivity contribution in [2.75, 3.05) is 0 Å². The van der Waals surface area contributed by atoms with E-state index in [1.54, 1.807) is 0 Å².